The Hall–Kier alpha value is -2.46. The van der Waals surface area contributed by atoms with Crippen molar-refractivity contribution >= 4 is 26.8 Å². The van der Waals surface area contributed by atoms with E-state index in [0.717, 1.165) is 11.5 Å². The average molecular weight is 417 g/mol. The molecule has 154 valence electrons. The number of rotatable bonds is 4. The minimum Gasteiger partial charge on any atom is -0.377 e. The highest BCUT2D eigenvalue weighted by Crippen LogP contribution is 2.55. The van der Waals surface area contributed by atoms with Crippen LogP contribution in [0.25, 0.3) is 22.5 Å². The summed E-state index contributed by atoms with van der Waals surface area (Å²) in [5.41, 5.74) is 3.63. The average Bonchev–Trinajstić information content (AvgIpc) is 3.23. The van der Waals surface area contributed by atoms with E-state index in [0.29, 0.717) is 60.7 Å². The topological polar surface area (TPSA) is 114 Å². The zero-order valence-corrected chi connectivity index (χ0v) is 17.4. The summed E-state index contributed by atoms with van der Waals surface area (Å²) in [5, 5.41) is 11.4. The standard InChI is InChI=1S/C19H23N5O4S/c1-11-8-14(22-21-11)16-17-18(28-23-16)13(19(4-5-19)29(3,25)26)9-15(20-17)24-6-7-27-10-12(24)2/h8-9,12H,4-7,10H2,1-3H3,(H,21,22). The van der Waals surface area contributed by atoms with Crippen LogP contribution in [0, 0.1) is 6.92 Å². The molecule has 10 heteroatoms. The van der Waals surface area contributed by atoms with Gasteiger partial charge in [0.25, 0.3) is 0 Å². The van der Waals surface area contributed by atoms with Crippen LogP contribution >= 0.6 is 0 Å². The van der Waals surface area contributed by atoms with Crippen LogP contribution < -0.4 is 4.90 Å². The third-order valence-corrected chi connectivity index (χ3v) is 7.97. The molecule has 0 aromatic carbocycles. The first-order valence-electron chi connectivity index (χ1n) is 9.67. The van der Waals surface area contributed by atoms with E-state index in [9.17, 15) is 8.42 Å². The number of hydrogen-bond donors (Lipinski definition) is 1. The molecule has 1 unspecified atom stereocenters. The van der Waals surface area contributed by atoms with Crippen LogP contribution in [0.1, 0.15) is 31.0 Å². The number of nitrogens with zero attached hydrogens (tertiary/aromatic N) is 4. The Morgan fingerprint density at radius 2 is 2.10 bits per heavy atom. The number of aromatic amines is 1. The summed E-state index contributed by atoms with van der Waals surface area (Å²) in [6.45, 7) is 5.86. The number of aromatic nitrogens is 4. The number of hydrogen-bond acceptors (Lipinski definition) is 8. The minimum atomic E-state index is -3.33. The predicted molar refractivity (Wildman–Crippen MR) is 108 cm³/mol. The largest absolute Gasteiger partial charge is 0.377 e. The van der Waals surface area contributed by atoms with Gasteiger partial charge in [-0.2, -0.15) is 5.10 Å². The van der Waals surface area contributed by atoms with Gasteiger partial charge in [0.05, 0.1) is 19.3 Å². The van der Waals surface area contributed by atoms with Gasteiger partial charge in [0.15, 0.2) is 21.1 Å². The smallest absolute Gasteiger partial charge is 0.190 e. The zero-order chi connectivity index (χ0) is 20.4. The summed E-state index contributed by atoms with van der Waals surface area (Å²) in [7, 11) is -3.33. The van der Waals surface area contributed by atoms with Gasteiger partial charge in [-0.3, -0.25) is 5.10 Å². The Labute approximate surface area is 168 Å². The van der Waals surface area contributed by atoms with Crippen molar-refractivity contribution in [2.45, 2.75) is 37.5 Å². The second kappa shape index (κ2) is 6.27. The molecule has 5 rings (SSSR count). The number of aryl methyl sites for hydroxylation is 1. The van der Waals surface area contributed by atoms with E-state index in [1.54, 1.807) is 0 Å². The van der Waals surface area contributed by atoms with Crippen molar-refractivity contribution < 1.29 is 17.7 Å². The maximum atomic E-state index is 12.7. The van der Waals surface area contributed by atoms with E-state index < -0.39 is 14.6 Å². The highest BCUT2D eigenvalue weighted by atomic mass is 32.2. The lowest BCUT2D eigenvalue weighted by Crippen LogP contribution is -2.44. The Balaban J connectivity index is 1.76. The predicted octanol–water partition coefficient (Wildman–Crippen LogP) is 2.18. The van der Waals surface area contributed by atoms with Crippen LogP contribution in [0.5, 0.6) is 0 Å². The molecular formula is C19H23N5O4S. The second-order valence-corrected chi connectivity index (χ2v) is 10.4. The molecule has 1 aliphatic heterocycles. The highest BCUT2D eigenvalue weighted by Gasteiger charge is 2.55. The number of sulfone groups is 1. The molecule has 1 atom stereocenters. The van der Waals surface area contributed by atoms with Gasteiger partial charge in [0.2, 0.25) is 0 Å². The molecule has 0 radical (unpaired) electrons. The molecule has 3 aromatic rings. The summed E-state index contributed by atoms with van der Waals surface area (Å²) in [4.78, 5) is 6.99. The van der Waals surface area contributed by atoms with E-state index in [-0.39, 0.29) is 6.04 Å². The maximum absolute atomic E-state index is 12.7. The van der Waals surface area contributed by atoms with Crippen molar-refractivity contribution in [3.63, 3.8) is 0 Å². The number of nitrogens with one attached hydrogen (secondary N) is 1. The molecule has 2 aliphatic rings. The summed E-state index contributed by atoms with van der Waals surface area (Å²) in [6.07, 6.45) is 2.43. The van der Waals surface area contributed by atoms with Crippen LogP contribution in [0.4, 0.5) is 5.82 Å². The third kappa shape index (κ3) is 2.84. The van der Waals surface area contributed by atoms with Crippen molar-refractivity contribution in [3.05, 3.63) is 23.4 Å². The van der Waals surface area contributed by atoms with Gasteiger partial charge >= 0.3 is 0 Å². The molecule has 9 nitrogen and oxygen atoms in total. The third-order valence-electron chi connectivity index (χ3n) is 5.93. The summed E-state index contributed by atoms with van der Waals surface area (Å²) < 4.78 is 35.6. The number of ether oxygens (including phenoxy) is 1. The number of pyridine rings is 1. The molecule has 0 amide bonds. The lowest BCUT2D eigenvalue weighted by molar-refractivity contribution is 0.0985. The minimum absolute atomic E-state index is 0.130. The summed E-state index contributed by atoms with van der Waals surface area (Å²) in [5.74, 6) is 0.718. The first-order chi connectivity index (χ1) is 13.8. The number of H-pyrrole nitrogens is 1. The molecule has 1 saturated heterocycles. The van der Waals surface area contributed by atoms with E-state index in [1.165, 1.54) is 6.26 Å². The number of morpholine rings is 1. The van der Waals surface area contributed by atoms with Crippen molar-refractivity contribution in [1.29, 1.82) is 0 Å². The molecule has 1 saturated carbocycles. The van der Waals surface area contributed by atoms with Crippen LogP contribution in [-0.4, -0.2) is 60.8 Å². The lowest BCUT2D eigenvalue weighted by atomic mass is 10.1. The quantitative estimate of drug-likeness (QED) is 0.687. The fourth-order valence-electron chi connectivity index (χ4n) is 4.12. The summed E-state index contributed by atoms with van der Waals surface area (Å²) in [6, 6.07) is 3.86. The van der Waals surface area contributed by atoms with E-state index in [2.05, 4.69) is 27.2 Å². The number of fused-ring (bicyclic) bond motifs is 1. The normalized spacial score (nSPS) is 21.6. The van der Waals surface area contributed by atoms with Crippen LogP contribution in [0.15, 0.2) is 16.7 Å². The Morgan fingerprint density at radius 1 is 1.31 bits per heavy atom. The van der Waals surface area contributed by atoms with Crippen molar-refractivity contribution in [3.8, 4) is 11.4 Å². The SMILES string of the molecule is Cc1cc(-c2noc3c(C4(S(C)(=O)=O)CC4)cc(N4CCOCC4C)nc23)n[nH]1. The molecule has 3 aromatic heterocycles. The van der Waals surface area contributed by atoms with Gasteiger partial charge in [-0.15, -0.1) is 0 Å². The van der Waals surface area contributed by atoms with Gasteiger partial charge in [-0.1, -0.05) is 5.16 Å². The van der Waals surface area contributed by atoms with E-state index in [4.69, 9.17) is 14.2 Å². The van der Waals surface area contributed by atoms with Crippen LogP contribution in [0.3, 0.4) is 0 Å². The molecule has 1 N–H and O–H groups in total. The fourth-order valence-corrected chi connectivity index (χ4v) is 5.52. The van der Waals surface area contributed by atoms with Gasteiger partial charge in [-0.05, 0) is 38.8 Å². The first-order valence-corrected chi connectivity index (χ1v) is 11.6. The molecule has 0 spiro atoms. The molecule has 1 aliphatic carbocycles. The number of anilines is 1. The Morgan fingerprint density at radius 3 is 2.72 bits per heavy atom. The lowest BCUT2D eigenvalue weighted by Gasteiger charge is -2.34. The van der Waals surface area contributed by atoms with E-state index in [1.807, 2.05) is 19.1 Å². The van der Waals surface area contributed by atoms with Gasteiger partial charge < -0.3 is 14.2 Å². The Bertz CT molecular complexity index is 1190. The maximum Gasteiger partial charge on any atom is 0.190 e. The van der Waals surface area contributed by atoms with Crippen LogP contribution in [-0.2, 0) is 19.3 Å². The monoisotopic (exact) mass is 417 g/mol. The van der Waals surface area contributed by atoms with E-state index >= 15 is 0 Å². The Kier molecular flexibility index (Phi) is 4.01. The molecular weight excluding hydrogens is 394 g/mol. The van der Waals surface area contributed by atoms with Crippen LogP contribution in [0.2, 0.25) is 0 Å². The summed E-state index contributed by atoms with van der Waals surface area (Å²) >= 11 is 0. The van der Waals surface area contributed by atoms with Crippen molar-refractivity contribution in [2.24, 2.45) is 0 Å². The second-order valence-electron chi connectivity index (χ2n) is 8.06. The van der Waals surface area contributed by atoms with Gasteiger partial charge in [0.1, 0.15) is 21.8 Å². The molecule has 0 bridgehead atoms. The first kappa shape index (κ1) is 18.6. The van der Waals surface area contributed by atoms with Gasteiger partial charge in [0, 0.05) is 24.1 Å². The van der Waals surface area contributed by atoms with Crippen molar-refractivity contribution in [2.75, 3.05) is 30.9 Å². The molecule has 4 heterocycles. The highest BCUT2D eigenvalue weighted by molar-refractivity contribution is 7.92. The fraction of sp³-hybridized carbons (Fsp3) is 0.526. The van der Waals surface area contributed by atoms with Crippen molar-refractivity contribution in [1.82, 2.24) is 20.3 Å². The zero-order valence-electron chi connectivity index (χ0n) is 16.6. The molecule has 29 heavy (non-hydrogen) atoms. The molecule has 2 fully saturated rings. The van der Waals surface area contributed by atoms with Gasteiger partial charge in [-0.25, -0.2) is 13.4 Å².